The Labute approximate surface area is 87.2 Å². The number of nitrogens with zero attached hydrogens (tertiary/aromatic N) is 2. The zero-order valence-electron chi connectivity index (χ0n) is 9.24. The molecular weight excluding hydrogens is 172 g/mol. The molecule has 0 N–H and O–H groups in total. The van der Waals surface area contributed by atoms with Gasteiger partial charge in [0, 0.05) is 25.0 Å². The second-order valence-electron chi connectivity index (χ2n) is 3.92. The van der Waals surface area contributed by atoms with Crippen molar-refractivity contribution in [2.75, 3.05) is 19.8 Å². The van der Waals surface area contributed by atoms with Gasteiger partial charge in [-0.3, -0.25) is 0 Å². The van der Waals surface area contributed by atoms with Crippen molar-refractivity contribution in [1.29, 1.82) is 0 Å². The Kier molecular flexibility index (Phi) is 3.81. The molecule has 2 nitrogen and oxygen atoms in total. The smallest absolute Gasteiger partial charge is 0.0902 e. The zero-order valence-corrected chi connectivity index (χ0v) is 9.24. The van der Waals surface area contributed by atoms with Gasteiger partial charge in [0.15, 0.2) is 0 Å². The number of hydrogen-bond acceptors (Lipinski definition) is 2. The van der Waals surface area contributed by atoms with Crippen molar-refractivity contribution in [3.8, 4) is 0 Å². The lowest BCUT2D eigenvalue weighted by Gasteiger charge is -2.23. The second-order valence-corrected chi connectivity index (χ2v) is 3.92. The summed E-state index contributed by atoms with van der Waals surface area (Å²) in [6.45, 7) is 14.8. The molecule has 78 valence electrons. The standard InChI is InChI=1S/C12H20N2/c1-5-7-13-9-12(11(3)4)14(10-13)8-6-2/h5-6,9,11H,1-2,7-8,10H2,3-4H3. The van der Waals surface area contributed by atoms with E-state index in [1.165, 1.54) is 5.70 Å². The third kappa shape index (κ3) is 2.41. The molecule has 0 spiro atoms. The van der Waals surface area contributed by atoms with Crippen LogP contribution in [0.1, 0.15) is 13.8 Å². The lowest BCUT2D eigenvalue weighted by atomic mass is 10.1. The highest BCUT2D eigenvalue weighted by Gasteiger charge is 2.20. The molecule has 1 aliphatic heterocycles. The van der Waals surface area contributed by atoms with Crippen molar-refractivity contribution < 1.29 is 0 Å². The molecule has 0 saturated heterocycles. The van der Waals surface area contributed by atoms with Gasteiger partial charge < -0.3 is 9.80 Å². The summed E-state index contributed by atoms with van der Waals surface area (Å²) in [6.07, 6.45) is 6.12. The molecule has 1 aliphatic rings. The monoisotopic (exact) mass is 192 g/mol. The lowest BCUT2D eigenvalue weighted by Crippen LogP contribution is -2.28. The van der Waals surface area contributed by atoms with E-state index in [0.717, 1.165) is 19.8 Å². The first kappa shape index (κ1) is 10.9. The molecule has 14 heavy (non-hydrogen) atoms. The van der Waals surface area contributed by atoms with E-state index in [1.807, 2.05) is 12.2 Å². The van der Waals surface area contributed by atoms with Crippen LogP contribution in [-0.4, -0.2) is 29.6 Å². The van der Waals surface area contributed by atoms with Crippen LogP contribution in [0, 0.1) is 5.92 Å². The first-order valence-electron chi connectivity index (χ1n) is 5.11. The third-order valence-corrected chi connectivity index (χ3v) is 2.34. The Morgan fingerprint density at radius 1 is 1.36 bits per heavy atom. The largest absolute Gasteiger partial charge is 0.355 e. The van der Waals surface area contributed by atoms with Gasteiger partial charge >= 0.3 is 0 Å². The fourth-order valence-electron chi connectivity index (χ4n) is 1.72. The van der Waals surface area contributed by atoms with Crippen molar-refractivity contribution in [3.05, 3.63) is 37.2 Å². The van der Waals surface area contributed by atoms with Crippen molar-refractivity contribution >= 4 is 0 Å². The van der Waals surface area contributed by atoms with Gasteiger partial charge in [0.05, 0.1) is 6.67 Å². The normalized spacial score (nSPS) is 16.1. The molecule has 1 rings (SSSR count). The highest BCUT2D eigenvalue weighted by atomic mass is 15.4. The average Bonchev–Trinajstić information content (AvgIpc) is 2.49. The molecule has 0 amide bonds. The fraction of sp³-hybridized carbons (Fsp3) is 0.500. The predicted molar refractivity (Wildman–Crippen MR) is 61.6 cm³/mol. The molecule has 0 aromatic rings. The molecule has 1 heterocycles. The van der Waals surface area contributed by atoms with Crippen molar-refractivity contribution in [2.45, 2.75) is 13.8 Å². The van der Waals surface area contributed by atoms with E-state index >= 15 is 0 Å². The lowest BCUT2D eigenvalue weighted by molar-refractivity contribution is 0.276. The summed E-state index contributed by atoms with van der Waals surface area (Å²) in [7, 11) is 0. The molecule has 0 fully saturated rings. The Balaban J connectivity index is 2.67. The fourth-order valence-corrected chi connectivity index (χ4v) is 1.72. The van der Waals surface area contributed by atoms with Crippen LogP contribution in [0.3, 0.4) is 0 Å². The molecule has 0 aliphatic carbocycles. The molecular formula is C12H20N2. The number of rotatable bonds is 5. The van der Waals surface area contributed by atoms with Crippen LogP contribution in [0.2, 0.25) is 0 Å². The highest BCUT2D eigenvalue weighted by Crippen LogP contribution is 2.22. The quantitative estimate of drug-likeness (QED) is 0.617. The van der Waals surface area contributed by atoms with Crippen LogP contribution in [0.25, 0.3) is 0 Å². The number of allylic oxidation sites excluding steroid dienone is 1. The van der Waals surface area contributed by atoms with Gasteiger partial charge in [-0.25, -0.2) is 0 Å². The summed E-state index contributed by atoms with van der Waals surface area (Å²) in [6, 6.07) is 0. The topological polar surface area (TPSA) is 6.48 Å². The third-order valence-electron chi connectivity index (χ3n) is 2.34. The molecule has 0 unspecified atom stereocenters. The van der Waals surface area contributed by atoms with E-state index in [0.29, 0.717) is 5.92 Å². The highest BCUT2D eigenvalue weighted by molar-refractivity contribution is 5.10. The Morgan fingerprint density at radius 3 is 2.50 bits per heavy atom. The Hall–Kier alpha value is -1.18. The zero-order chi connectivity index (χ0) is 10.6. The van der Waals surface area contributed by atoms with Gasteiger partial charge in [-0.1, -0.05) is 26.0 Å². The van der Waals surface area contributed by atoms with Crippen LogP contribution in [0.5, 0.6) is 0 Å². The molecule has 0 bridgehead atoms. The van der Waals surface area contributed by atoms with E-state index in [-0.39, 0.29) is 0 Å². The molecule has 0 radical (unpaired) electrons. The van der Waals surface area contributed by atoms with Gasteiger partial charge in [0.25, 0.3) is 0 Å². The van der Waals surface area contributed by atoms with Crippen molar-refractivity contribution in [2.24, 2.45) is 5.92 Å². The maximum absolute atomic E-state index is 3.78. The SMILES string of the molecule is C=CCN1C=C(C(C)C)N(CC=C)C1. The number of hydrogen-bond donors (Lipinski definition) is 0. The Bertz CT molecular complexity index is 241. The summed E-state index contributed by atoms with van der Waals surface area (Å²) in [5, 5.41) is 0. The maximum atomic E-state index is 3.78. The summed E-state index contributed by atoms with van der Waals surface area (Å²) >= 11 is 0. The second kappa shape index (κ2) is 4.89. The minimum Gasteiger partial charge on any atom is -0.355 e. The minimum atomic E-state index is 0.574. The van der Waals surface area contributed by atoms with E-state index in [2.05, 4.69) is 43.0 Å². The van der Waals surface area contributed by atoms with Gasteiger partial charge in [0.2, 0.25) is 0 Å². The molecule has 2 heteroatoms. The van der Waals surface area contributed by atoms with E-state index in [1.54, 1.807) is 0 Å². The molecule has 0 aromatic heterocycles. The Morgan fingerprint density at radius 2 is 2.00 bits per heavy atom. The van der Waals surface area contributed by atoms with Crippen LogP contribution < -0.4 is 0 Å². The minimum absolute atomic E-state index is 0.574. The van der Waals surface area contributed by atoms with Crippen LogP contribution in [-0.2, 0) is 0 Å². The van der Waals surface area contributed by atoms with E-state index < -0.39 is 0 Å². The molecule has 0 saturated carbocycles. The summed E-state index contributed by atoms with van der Waals surface area (Å²) in [5.74, 6) is 0.574. The first-order valence-corrected chi connectivity index (χ1v) is 5.11. The first-order chi connectivity index (χ1) is 6.69. The van der Waals surface area contributed by atoms with Crippen molar-refractivity contribution in [1.82, 2.24) is 9.80 Å². The average molecular weight is 192 g/mol. The predicted octanol–water partition coefficient (Wildman–Crippen LogP) is 2.43. The van der Waals surface area contributed by atoms with Crippen LogP contribution >= 0.6 is 0 Å². The van der Waals surface area contributed by atoms with Crippen LogP contribution in [0.4, 0.5) is 0 Å². The molecule has 0 atom stereocenters. The van der Waals surface area contributed by atoms with Gasteiger partial charge in [0.1, 0.15) is 0 Å². The van der Waals surface area contributed by atoms with Gasteiger partial charge in [-0.15, -0.1) is 13.2 Å². The van der Waals surface area contributed by atoms with E-state index in [9.17, 15) is 0 Å². The maximum Gasteiger partial charge on any atom is 0.0902 e. The summed E-state index contributed by atoms with van der Waals surface area (Å²) in [4.78, 5) is 4.62. The molecule has 0 aromatic carbocycles. The summed E-state index contributed by atoms with van der Waals surface area (Å²) < 4.78 is 0. The summed E-state index contributed by atoms with van der Waals surface area (Å²) in [5.41, 5.74) is 1.40. The van der Waals surface area contributed by atoms with Gasteiger partial charge in [-0.2, -0.15) is 0 Å². The van der Waals surface area contributed by atoms with Crippen molar-refractivity contribution in [3.63, 3.8) is 0 Å². The van der Waals surface area contributed by atoms with E-state index in [4.69, 9.17) is 0 Å². The van der Waals surface area contributed by atoms with Gasteiger partial charge in [-0.05, 0) is 5.92 Å². The van der Waals surface area contributed by atoms with Crippen LogP contribution in [0.15, 0.2) is 37.2 Å².